The van der Waals surface area contributed by atoms with Crippen LogP contribution in [0.25, 0.3) is 0 Å². The van der Waals surface area contributed by atoms with Crippen LogP contribution in [0.4, 0.5) is 0 Å². The Kier molecular flexibility index (Phi) is 5.80. The Hall–Kier alpha value is -1.26. The minimum atomic E-state index is -0.927. The summed E-state index contributed by atoms with van der Waals surface area (Å²) in [6.07, 6.45) is 2.81. The predicted octanol–water partition coefficient (Wildman–Crippen LogP) is 2.70. The lowest BCUT2D eigenvalue weighted by molar-refractivity contribution is -0.131. The van der Waals surface area contributed by atoms with Crippen LogP contribution in [0.15, 0.2) is 41.3 Å². The lowest BCUT2D eigenvalue weighted by Crippen LogP contribution is -2.14. The maximum atomic E-state index is 10.5. The van der Waals surface area contributed by atoms with Crippen LogP contribution in [0.3, 0.4) is 0 Å². The number of carboxylic acids is 1. The monoisotopic (exact) mass is 251 g/mol. The second-order valence-electron chi connectivity index (χ2n) is 3.47. The first-order valence-corrected chi connectivity index (χ1v) is 6.47. The lowest BCUT2D eigenvalue weighted by atomic mass is 10.1. The highest BCUT2D eigenvalue weighted by molar-refractivity contribution is 7.99. The summed E-state index contributed by atoms with van der Waals surface area (Å²) in [6.45, 7) is 2.12. The zero-order valence-corrected chi connectivity index (χ0v) is 10.8. The van der Waals surface area contributed by atoms with Crippen LogP contribution in [0.5, 0.6) is 0 Å². The van der Waals surface area contributed by atoms with E-state index >= 15 is 0 Å². The number of likely N-dealkylation sites (N-methyl/N-ethyl adjacent to an activating group) is 1. The van der Waals surface area contributed by atoms with Gasteiger partial charge in [-0.2, -0.15) is 0 Å². The van der Waals surface area contributed by atoms with Gasteiger partial charge >= 0.3 is 5.97 Å². The molecule has 2 N–H and O–H groups in total. The molecule has 0 saturated carbocycles. The molecule has 0 aliphatic heterocycles. The molecule has 0 aliphatic rings. The number of benzene rings is 1. The maximum absolute atomic E-state index is 10.5. The summed E-state index contributed by atoms with van der Waals surface area (Å²) in [6, 6.07) is 8.09. The van der Waals surface area contributed by atoms with Crippen molar-refractivity contribution in [2.45, 2.75) is 17.9 Å². The number of carboxylic acid groups (broad SMARTS) is 1. The van der Waals surface area contributed by atoms with Gasteiger partial charge in [-0.3, -0.25) is 0 Å². The van der Waals surface area contributed by atoms with Crippen molar-refractivity contribution >= 4 is 17.7 Å². The Morgan fingerprint density at radius 3 is 2.59 bits per heavy atom. The van der Waals surface area contributed by atoms with Crippen molar-refractivity contribution in [2.75, 3.05) is 12.8 Å². The fourth-order valence-corrected chi connectivity index (χ4v) is 2.15. The van der Waals surface area contributed by atoms with Gasteiger partial charge in [0.15, 0.2) is 0 Å². The number of aliphatic carboxylic acids is 1. The number of carbonyl (C=O) groups is 1. The average Bonchev–Trinajstić information content (AvgIpc) is 2.32. The molecule has 0 heterocycles. The van der Waals surface area contributed by atoms with E-state index in [1.165, 1.54) is 4.90 Å². The van der Waals surface area contributed by atoms with E-state index in [0.29, 0.717) is 0 Å². The molecule has 0 bridgehead atoms. The second-order valence-corrected chi connectivity index (χ2v) is 4.80. The van der Waals surface area contributed by atoms with Crippen molar-refractivity contribution in [2.24, 2.45) is 0 Å². The Morgan fingerprint density at radius 1 is 1.47 bits per heavy atom. The zero-order valence-electron chi connectivity index (χ0n) is 10.0. The maximum Gasteiger partial charge on any atom is 0.328 e. The van der Waals surface area contributed by atoms with Crippen LogP contribution in [0, 0.1) is 0 Å². The molecule has 92 valence electrons. The van der Waals surface area contributed by atoms with E-state index in [1.807, 2.05) is 19.2 Å². The molecule has 0 spiro atoms. The van der Waals surface area contributed by atoms with Gasteiger partial charge in [0.1, 0.15) is 0 Å². The predicted molar refractivity (Wildman–Crippen MR) is 71.4 cm³/mol. The van der Waals surface area contributed by atoms with Gasteiger partial charge in [-0.25, -0.2) is 4.79 Å². The molecule has 1 atom stereocenters. The SMILES string of the molecule is CCSc1ccc(C(/C=C/C(=O)O)NC)cc1. The van der Waals surface area contributed by atoms with Gasteiger partial charge < -0.3 is 10.4 Å². The van der Waals surface area contributed by atoms with Crippen molar-refractivity contribution in [1.29, 1.82) is 0 Å². The third-order valence-corrected chi connectivity index (χ3v) is 3.19. The largest absolute Gasteiger partial charge is 0.478 e. The van der Waals surface area contributed by atoms with Crippen molar-refractivity contribution in [3.63, 3.8) is 0 Å². The Bertz CT molecular complexity index is 387. The van der Waals surface area contributed by atoms with Gasteiger partial charge in [-0.1, -0.05) is 25.1 Å². The summed E-state index contributed by atoms with van der Waals surface area (Å²) in [7, 11) is 1.81. The number of hydrogen-bond acceptors (Lipinski definition) is 3. The molecule has 1 aromatic carbocycles. The fraction of sp³-hybridized carbons (Fsp3) is 0.308. The van der Waals surface area contributed by atoms with E-state index in [4.69, 9.17) is 5.11 Å². The van der Waals surface area contributed by atoms with E-state index < -0.39 is 5.97 Å². The molecular weight excluding hydrogens is 234 g/mol. The first kappa shape index (κ1) is 13.8. The minimum Gasteiger partial charge on any atom is -0.478 e. The molecule has 0 aromatic heterocycles. The lowest BCUT2D eigenvalue weighted by Gasteiger charge is -2.12. The van der Waals surface area contributed by atoms with Crippen LogP contribution < -0.4 is 5.32 Å². The van der Waals surface area contributed by atoms with Gasteiger partial charge in [0.05, 0.1) is 6.04 Å². The highest BCUT2D eigenvalue weighted by Gasteiger charge is 2.05. The van der Waals surface area contributed by atoms with Gasteiger partial charge in [0, 0.05) is 11.0 Å². The van der Waals surface area contributed by atoms with E-state index in [0.717, 1.165) is 17.4 Å². The molecule has 0 fully saturated rings. The van der Waals surface area contributed by atoms with E-state index in [1.54, 1.807) is 17.8 Å². The summed E-state index contributed by atoms with van der Waals surface area (Å²) in [5, 5.41) is 11.7. The first-order valence-electron chi connectivity index (χ1n) is 5.48. The average molecular weight is 251 g/mol. The van der Waals surface area contributed by atoms with E-state index in [2.05, 4.69) is 24.4 Å². The van der Waals surface area contributed by atoms with Crippen LogP contribution >= 0.6 is 11.8 Å². The number of nitrogens with one attached hydrogen (secondary N) is 1. The number of rotatable bonds is 6. The van der Waals surface area contributed by atoms with Gasteiger partial charge in [0.2, 0.25) is 0 Å². The Labute approximate surface area is 106 Å². The highest BCUT2D eigenvalue weighted by atomic mass is 32.2. The molecule has 0 radical (unpaired) electrons. The van der Waals surface area contributed by atoms with E-state index in [-0.39, 0.29) is 6.04 Å². The molecule has 4 heteroatoms. The molecule has 1 unspecified atom stereocenters. The first-order chi connectivity index (χ1) is 8.17. The molecule has 0 amide bonds. The van der Waals surface area contributed by atoms with Crippen molar-refractivity contribution < 1.29 is 9.90 Å². The van der Waals surface area contributed by atoms with Gasteiger partial charge in [0.25, 0.3) is 0 Å². The van der Waals surface area contributed by atoms with Crippen LogP contribution in [0.1, 0.15) is 18.5 Å². The van der Waals surface area contributed by atoms with Crippen molar-refractivity contribution in [3.8, 4) is 0 Å². The molecule has 0 saturated heterocycles. The van der Waals surface area contributed by atoms with E-state index in [9.17, 15) is 4.79 Å². The third kappa shape index (κ3) is 4.63. The summed E-state index contributed by atoms with van der Waals surface area (Å²) in [4.78, 5) is 11.7. The Balaban J connectivity index is 2.78. The zero-order chi connectivity index (χ0) is 12.7. The summed E-state index contributed by atoms with van der Waals surface area (Å²) in [5.74, 6) is 0.122. The van der Waals surface area contributed by atoms with Crippen LogP contribution in [0.2, 0.25) is 0 Å². The molecule has 3 nitrogen and oxygen atoms in total. The van der Waals surface area contributed by atoms with Gasteiger partial charge in [-0.05, 0) is 30.5 Å². The smallest absolute Gasteiger partial charge is 0.328 e. The molecule has 1 aromatic rings. The number of thioether (sulfide) groups is 1. The topological polar surface area (TPSA) is 49.3 Å². The molecular formula is C13H17NO2S. The second kappa shape index (κ2) is 7.14. The normalized spacial score (nSPS) is 12.8. The van der Waals surface area contributed by atoms with Crippen molar-refractivity contribution in [1.82, 2.24) is 5.32 Å². The van der Waals surface area contributed by atoms with Crippen LogP contribution in [-0.2, 0) is 4.79 Å². The summed E-state index contributed by atoms with van der Waals surface area (Å²) >= 11 is 1.79. The highest BCUT2D eigenvalue weighted by Crippen LogP contribution is 2.21. The Morgan fingerprint density at radius 2 is 2.12 bits per heavy atom. The van der Waals surface area contributed by atoms with Crippen LogP contribution in [-0.4, -0.2) is 23.9 Å². The minimum absolute atomic E-state index is 0.0632. The number of hydrogen-bond donors (Lipinski definition) is 2. The molecule has 17 heavy (non-hydrogen) atoms. The fourth-order valence-electron chi connectivity index (χ4n) is 1.49. The van der Waals surface area contributed by atoms with Gasteiger partial charge in [-0.15, -0.1) is 11.8 Å². The molecule has 1 rings (SSSR count). The standard InChI is InChI=1S/C13H17NO2S/c1-3-17-11-6-4-10(5-7-11)12(14-2)8-9-13(15)16/h4-9,12,14H,3H2,1-2H3,(H,15,16)/b9-8+. The molecule has 0 aliphatic carbocycles. The summed E-state index contributed by atoms with van der Waals surface area (Å²) < 4.78 is 0. The third-order valence-electron chi connectivity index (χ3n) is 2.29. The summed E-state index contributed by atoms with van der Waals surface area (Å²) in [5.41, 5.74) is 1.06. The quantitative estimate of drug-likeness (QED) is 0.603. The van der Waals surface area contributed by atoms with Crippen molar-refractivity contribution in [3.05, 3.63) is 42.0 Å².